The van der Waals surface area contributed by atoms with E-state index in [1.807, 2.05) is 0 Å². The number of piperidine rings is 1. The lowest BCUT2D eigenvalue weighted by Crippen LogP contribution is -2.45. The fourth-order valence-electron chi connectivity index (χ4n) is 3.23. The summed E-state index contributed by atoms with van der Waals surface area (Å²) >= 11 is 0. The van der Waals surface area contributed by atoms with Crippen molar-refractivity contribution >= 4 is 21.6 Å². The minimum atomic E-state index is -3.83. The van der Waals surface area contributed by atoms with Crippen molar-refractivity contribution < 1.29 is 22.0 Å². The molecule has 3 rings (SSSR count). The van der Waals surface area contributed by atoms with E-state index in [2.05, 4.69) is 5.32 Å². The number of rotatable bonds is 5. The Morgan fingerprint density at radius 1 is 1.07 bits per heavy atom. The number of nitrogens with zero attached hydrogens (tertiary/aromatic N) is 1. The van der Waals surface area contributed by atoms with E-state index in [0.717, 1.165) is 18.6 Å². The molecule has 0 aliphatic carbocycles. The first-order valence-corrected chi connectivity index (χ1v) is 10.1. The summed E-state index contributed by atoms with van der Waals surface area (Å²) in [5, 5.41) is 2.60. The molecule has 0 radical (unpaired) electrons. The highest BCUT2D eigenvalue weighted by atomic mass is 32.2. The van der Waals surface area contributed by atoms with E-state index in [-0.39, 0.29) is 17.2 Å². The first-order chi connectivity index (χ1) is 12.9. The van der Waals surface area contributed by atoms with Gasteiger partial charge in [-0.2, -0.15) is 4.31 Å². The summed E-state index contributed by atoms with van der Waals surface area (Å²) in [6.07, 6.45) is 2.03. The summed E-state index contributed by atoms with van der Waals surface area (Å²) in [5.74, 6) is -1.36. The van der Waals surface area contributed by atoms with Gasteiger partial charge in [-0.25, -0.2) is 17.2 Å². The third kappa shape index (κ3) is 4.70. The molecule has 1 heterocycles. The van der Waals surface area contributed by atoms with Gasteiger partial charge in [-0.05, 0) is 55.3 Å². The van der Waals surface area contributed by atoms with Crippen LogP contribution in [-0.4, -0.2) is 31.2 Å². The summed E-state index contributed by atoms with van der Waals surface area (Å²) in [5.41, 5.74) is 0.323. The fraction of sp³-hybridized carbons (Fsp3) is 0.316. The number of hydrogen-bond donors (Lipinski definition) is 1. The molecule has 1 amide bonds. The van der Waals surface area contributed by atoms with Gasteiger partial charge in [0.25, 0.3) is 0 Å². The minimum Gasteiger partial charge on any atom is -0.326 e. The molecule has 1 saturated heterocycles. The molecule has 0 spiro atoms. The highest BCUT2D eigenvalue weighted by Gasteiger charge is 2.34. The number of carbonyl (C=O) groups excluding carboxylic acids is 1. The smallest absolute Gasteiger partial charge is 0.243 e. The zero-order valence-electron chi connectivity index (χ0n) is 14.6. The molecule has 2 aromatic rings. The molecule has 8 heteroatoms. The van der Waals surface area contributed by atoms with E-state index < -0.39 is 27.7 Å². The highest BCUT2D eigenvalue weighted by Crippen LogP contribution is 2.27. The van der Waals surface area contributed by atoms with Crippen molar-refractivity contribution in [3.05, 3.63) is 60.2 Å². The number of carbonyl (C=O) groups is 1. The maximum absolute atomic E-state index is 13.2. The van der Waals surface area contributed by atoms with Crippen molar-refractivity contribution in [2.75, 3.05) is 11.9 Å². The molecule has 1 N–H and O–H groups in total. The monoisotopic (exact) mass is 394 g/mol. The van der Waals surface area contributed by atoms with Crippen LogP contribution in [-0.2, 0) is 14.8 Å². The summed E-state index contributed by atoms with van der Waals surface area (Å²) in [4.78, 5) is 12.3. The second-order valence-electron chi connectivity index (χ2n) is 6.48. The van der Waals surface area contributed by atoms with Gasteiger partial charge < -0.3 is 5.32 Å². The largest absolute Gasteiger partial charge is 0.326 e. The maximum Gasteiger partial charge on any atom is 0.243 e. The van der Waals surface area contributed by atoms with Crippen LogP contribution in [0.4, 0.5) is 14.5 Å². The second kappa shape index (κ2) is 8.14. The molecule has 1 aliphatic rings. The summed E-state index contributed by atoms with van der Waals surface area (Å²) in [7, 11) is -3.83. The van der Waals surface area contributed by atoms with Crippen molar-refractivity contribution in [1.82, 2.24) is 4.31 Å². The first-order valence-electron chi connectivity index (χ1n) is 8.69. The zero-order valence-corrected chi connectivity index (χ0v) is 15.4. The van der Waals surface area contributed by atoms with Gasteiger partial charge in [0.05, 0.1) is 4.90 Å². The number of sulfonamides is 1. The van der Waals surface area contributed by atoms with Crippen LogP contribution in [0.25, 0.3) is 0 Å². The van der Waals surface area contributed by atoms with Crippen molar-refractivity contribution in [2.24, 2.45) is 0 Å². The third-order valence-electron chi connectivity index (χ3n) is 4.52. The predicted octanol–water partition coefficient (Wildman–Crippen LogP) is 3.54. The summed E-state index contributed by atoms with van der Waals surface area (Å²) in [6.45, 7) is 0.303. The molecule has 2 aromatic carbocycles. The van der Waals surface area contributed by atoms with E-state index in [1.165, 1.54) is 34.6 Å². The maximum atomic E-state index is 13.2. The van der Waals surface area contributed by atoms with Gasteiger partial charge in [0.1, 0.15) is 11.6 Å². The van der Waals surface area contributed by atoms with E-state index in [0.29, 0.717) is 25.1 Å². The van der Waals surface area contributed by atoms with Gasteiger partial charge in [0.15, 0.2) is 0 Å². The zero-order chi connectivity index (χ0) is 19.4. The van der Waals surface area contributed by atoms with Gasteiger partial charge in [0, 0.05) is 24.7 Å². The summed E-state index contributed by atoms with van der Waals surface area (Å²) in [6, 6.07) is 9.67. The Labute approximate surface area is 157 Å². The van der Waals surface area contributed by atoms with Crippen molar-refractivity contribution in [1.29, 1.82) is 0 Å². The number of benzene rings is 2. The SMILES string of the molecule is O=C(C[C@@H]1CCCCN1S(=O)(=O)c1ccc(F)cc1)Nc1cccc(F)c1. The molecule has 0 saturated carbocycles. The van der Waals surface area contributed by atoms with Crippen molar-refractivity contribution in [3.63, 3.8) is 0 Å². The highest BCUT2D eigenvalue weighted by molar-refractivity contribution is 7.89. The number of halogens is 2. The van der Waals surface area contributed by atoms with Gasteiger partial charge in [-0.3, -0.25) is 4.79 Å². The molecule has 144 valence electrons. The summed E-state index contributed by atoms with van der Waals surface area (Å²) < 4.78 is 53.5. The van der Waals surface area contributed by atoms with Gasteiger partial charge in [-0.1, -0.05) is 12.5 Å². The number of anilines is 1. The van der Waals surface area contributed by atoms with Crippen LogP contribution in [0.2, 0.25) is 0 Å². The molecular weight excluding hydrogens is 374 g/mol. The molecule has 1 fully saturated rings. The Balaban J connectivity index is 1.75. The van der Waals surface area contributed by atoms with Gasteiger partial charge in [-0.15, -0.1) is 0 Å². The first kappa shape index (κ1) is 19.4. The Morgan fingerprint density at radius 3 is 2.52 bits per heavy atom. The molecule has 5 nitrogen and oxygen atoms in total. The lowest BCUT2D eigenvalue weighted by atomic mass is 10.0. The van der Waals surface area contributed by atoms with Crippen LogP contribution in [0, 0.1) is 11.6 Å². The van der Waals surface area contributed by atoms with E-state index in [9.17, 15) is 22.0 Å². The molecule has 0 unspecified atom stereocenters. The van der Waals surface area contributed by atoms with Crippen LogP contribution in [0.5, 0.6) is 0 Å². The number of amides is 1. The molecule has 1 aliphatic heterocycles. The number of hydrogen-bond acceptors (Lipinski definition) is 3. The van der Waals surface area contributed by atoms with Crippen LogP contribution in [0.1, 0.15) is 25.7 Å². The van der Waals surface area contributed by atoms with Crippen molar-refractivity contribution in [2.45, 2.75) is 36.6 Å². The number of nitrogens with one attached hydrogen (secondary N) is 1. The second-order valence-corrected chi connectivity index (χ2v) is 8.37. The lowest BCUT2D eigenvalue weighted by molar-refractivity contribution is -0.117. The quantitative estimate of drug-likeness (QED) is 0.844. The van der Waals surface area contributed by atoms with Crippen LogP contribution < -0.4 is 5.32 Å². The van der Waals surface area contributed by atoms with Gasteiger partial charge in [0.2, 0.25) is 15.9 Å². The topological polar surface area (TPSA) is 66.5 Å². The van der Waals surface area contributed by atoms with Gasteiger partial charge >= 0.3 is 0 Å². The fourth-order valence-corrected chi connectivity index (χ4v) is 4.92. The average molecular weight is 394 g/mol. The molecule has 0 aromatic heterocycles. The molecular formula is C19H20F2N2O3S. The standard InChI is InChI=1S/C19H20F2N2O3S/c20-14-7-9-18(10-8-14)27(25,26)23-11-2-1-6-17(23)13-19(24)22-16-5-3-4-15(21)12-16/h3-5,7-10,12,17H,1-2,6,11,13H2,(H,22,24)/t17-/m0/s1. The predicted molar refractivity (Wildman–Crippen MR) is 97.6 cm³/mol. The molecule has 0 bridgehead atoms. The third-order valence-corrected chi connectivity index (χ3v) is 6.49. The van der Waals surface area contributed by atoms with E-state index >= 15 is 0 Å². The normalized spacial score (nSPS) is 18.2. The lowest BCUT2D eigenvalue weighted by Gasteiger charge is -2.34. The Kier molecular flexibility index (Phi) is 5.86. The average Bonchev–Trinajstić information content (AvgIpc) is 2.62. The van der Waals surface area contributed by atoms with Crippen LogP contribution in [0.15, 0.2) is 53.4 Å². The van der Waals surface area contributed by atoms with Crippen LogP contribution in [0.3, 0.4) is 0 Å². The Hall–Kier alpha value is -2.32. The Bertz CT molecular complexity index is 917. The van der Waals surface area contributed by atoms with Crippen LogP contribution >= 0.6 is 0 Å². The van der Waals surface area contributed by atoms with E-state index in [4.69, 9.17) is 0 Å². The van der Waals surface area contributed by atoms with E-state index in [1.54, 1.807) is 6.07 Å². The molecule has 27 heavy (non-hydrogen) atoms. The molecule has 1 atom stereocenters. The van der Waals surface area contributed by atoms with Crippen molar-refractivity contribution in [3.8, 4) is 0 Å². The minimum absolute atomic E-state index is 0.00124. The Morgan fingerprint density at radius 2 is 1.81 bits per heavy atom.